The SMILES string of the molecule is CC(C)([CH]=[Mo+4])c1ccccc1.CC(C)c1cccc(C(C)C)c1N.Cc1cc(C2C3CC4CC(C3)CC2C4)c(O)c(-c2c(C)c(C)cc(C3C4CC5CC(C4)CC3C5)c2O)c1C. The molecule has 62 heavy (non-hydrogen) atoms. The number of anilines is 1. The third kappa shape index (κ3) is 8.57. The van der Waals surface area contributed by atoms with Crippen LogP contribution in [0.3, 0.4) is 0 Å². The van der Waals surface area contributed by atoms with Crippen LogP contribution in [0, 0.1) is 75.0 Å². The predicted molar refractivity (Wildman–Crippen MR) is 258 cm³/mol. The summed E-state index contributed by atoms with van der Waals surface area (Å²) >= 11 is 2.04. The van der Waals surface area contributed by atoms with Gasteiger partial charge >= 0.3 is 78.9 Å². The number of benzene rings is 4. The number of hydrogen-bond acceptors (Lipinski definition) is 3. The Kier molecular flexibility index (Phi) is 13.2. The summed E-state index contributed by atoms with van der Waals surface area (Å²) in [6.07, 6.45) is 13.7. The minimum absolute atomic E-state index is 0.214. The second-order valence-electron chi connectivity index (χ2n) is 22.5. The van der Waals surface area contributed by atoms with Gasteiger partial charge in [0.1, 0.15) is 11.5 Å². The smallest absolute Gasteiger partial charge is 0.127 e. The summed E-state index contributed by atoms with van der Waals surface area (Å²) in [6, 6.07) is 21.5. The number of phenols is 2. The molecule has 0 saturated heterocycles. The zero-order valence-electron chi connectivity index (χ0n) is 39.7. The molecule has 8 aliphatic rings. The van der Waals surface area contributed by atoms with Gasteiger partial charge in [0.05, 0.1) is 0 Å². The van der Waals surface area contributed by atoms with Crippen LogP contribution in [-0.4, -0.2) is 14.6 Å². The number of nitrogen functional groups attached to an aromatic ring is 1. The van der Waals surface area contributed by atoms with Crippen LogP contribution >= 0.6 is 0 Å². The van der Waals surface area contributed by atoms with Gasteiger partial charge in [-0.25, -0.2) is 0 Å². The molecule has 328 valence electrons. The number of para-hydroxylation sites is 1. The van der Waals surface area contributed by atoms with E-state index >= 15 is 0 Å². The van der Waals surface area contributed by atoms with Gasteiger partial charge < -0.3 is 15.9 Å². The van der Waals surface area contributed by atoms with Crippen molar-refractivity contribution in [2.75, 3.05) is 5.73 Å². The monoisotopic (exact) mass is 917 g/mol. The molecule has 4 N–H and O–H groups in total. The summed E-state index contributed by atoms with van der Waals surface area (Å²) < 4.78 is 2.23. The topological polar surface area (TPSA) is 66.5 Å². The second kappa shape index (κ2) is 18.0. The number of aryl methyl sites for hydroxylation is 2. The fourth-order valence-electron chi connectivity index (χ4n) is 14.4. The van der Waals surface area contributed by atoms with Gasteiger partial charge in [-0.05, 0) is 207 Å². The van der Waals surface area contributed by atoms with Crippen LogP contribution in [0.15, 0.2) is 60.7 Å². The second-order valence-corrected chi connectivity index (χ2v) is 23.1. The van der Waals surface area contributed by atoms with Gasteiger partial charge in [-0.1, -0.05) is 58.0 Å². The third-order valence-electron chi connectivity index (χ3n) is 17.3. The Bertz CT molecular complexity index is 2080. The van der Waals surface area contributed by atoms with Crippen molar-refractivity contribution in [3.8, 4) is 22.6 Å². The maximum absolute atomic E-state index is 12.2. The maximum Gasteiger partial charge on any atom is 0.127 e. The summed E-state index contributed by atoms with van der Waals surface area (Å²) in [7, 11) is 0. The number of phenolic OH excluding ortho intramolecular Hbond substituents is 2. The summed E-state index contributed by atoms with van der Waals surface area (Å²) in [4.78, 5) is 0. The Balaban J connectivity index is 0.000000181. The van der Waals surface area contributed by atoms with Crippen LogP contribution in [0.25, 0.3) is 11.1 Å². The zero-order chi connectivity index (χ0) is 44.4. The maximum atomic E-state index is 12.2. The molecule has 4 aromatic carbocycles. The van der Waals surface area contributed by atoms with Crippen molar-refractivity contribution >= 4 is 10.1 Å². The van der Waals surface area contributed by atoms with E-state index in [4.69, 9.17) is 5.73 Å². The third-order valence-corrected chi connectivity index (χ3v) is 18.8. The number of rotatable bonds is 7. The Hall–Kier alpha value is -3.16. The molecule has 4 aromatic rings. The number of nitrogens with two attached hydrogens (primary N) is 1. The Morgan fingerprint density at radius 3 is 1.24 bits per heavy atom. The van der Waals surface area contributed by atoms with Crippen LogP contribution in [0.2, 0.25) is 0 Å². The minimum atomic E-state index is 0.214. The molecule has 0 radical (unpaired) electrons. The van der Waals surface area contributed by atoms with Gasteiger partial charge in [0, 0.05) is 16.8 Å². The fourth-order valence-corrected chi connectivity index (χ4v) is 14.7. The molecule has 12 rings (SSSR count). The van der Waals surface area contributed by atoms with Crippen LogP contribution in [0.5, 0.6) is 11.5 Å². The van der Waals surface area contributed by atoms with E-state index in [1.54, 1.807) is 0 Å². The molecule has 3 nitrogen and oxygen atoms in total. The molecule has 0 spiro atoms. The van der Waals surface area contributed by atoms with E-state index in [0.717, 1.165) is 75.3 Å². The first-order valence-corrected chi connectivity index (χ1v) is 25.7. The molecular weight excluding hydrogens is 839 g/mol. The van der Waals surface area contributed by atoms with Crippen LogP contribution in [0.4, 0.5) is 5.69 Å². The fraction of sp³-hybridized carbons (Fsp3) is 0.569. The van der Waals surface area contributed by atoms with E-state index in [0.29, 0.717) is 35.2 Å². The zero-order valence-corrected chi connectivity index (χ0v) is 41.7. The first-order valence-electron chi connectivity index (χ1n) is 24.5. The van der Waals surface area contributed by atoms with Gasteiger partial charge in [-0.15, -0.1) is 0 Å². The van der Waals surface area contributed by atoms with Gasteiger partial charge in [0.25, 0.3) is 0 Å². The van der Waals surface area contributed by atoms with Gasteiger partial charge in [-0.2, -0.15) is 0 Å². The first kappa shape index (κ1) is 45.4. The van der Waals surface area contributed by atoms with Crippen molar-refractivity contribution in [3.05, 3.63) is 111 Å². The molecule has 0 aliphatic heterocycles. The van der Waals surface area contributed by atoms with E-state index in [1.807, 2.05) is 19.4 Å². The Morgan fingerprint density at radius 1 is 0.565 bits per heavy atom. The van der Waals surface area contributed by atoms with Crippen molar-refractivity contribution < 1.29 is 29.6 Å². The number of hydrogen-bond donors (Lipinski definition) is 3. The molecule has 0 heterocycles. The van der Waals surface area contributed by atoms with Gasteiger partial charge in [-0.3, -0.25) is 0 Å². The predicted octanol–water partition coefficient (Wildman–Crippen LogP) is 14.9. The van der Waals surface area contributed by atoms with Crippen molar-refractivity contribution in [2.45, 2.75) is 163 Å². The van der Waals surface area contributed by atoms with Gasteiger partial charge in [0.15, 0.2) is 0 Å². The van der Waals surface area contributed by atoms with Crippen molar-refractivity contribution in [1.82, 2.24) is 0 Å². The van der Waals surface area contributed by atoms with Crippen LogP contribution in [0.1, 0.15) is 179 Å². The van der Waals surface area contributed by atoms with Crippen molar-refractivity contribution in [2.24, 2.45) is 47.3 Å². The molecule has 8 bridgehead atoms. The average Bonchev–Trinajstić information content (AvgIpc) is 3.22. The minimum Gasteiger partial charge on any atom is -0.507 e. The molecule has 8 fully saturated rings. The quantitative estimate of drug-likeness (QED) is 0.128. The summed E-state index contributed by atoms with van der Waals surface area (Å²) in [5.41, 5.74) is 20.2. The standard InChI is InChI=1S/C36H46O2.C12H19N.C10H12.Mo/c1-17-5-29(33-25-9-21-7-22(11-25)12-26(33)10-21)35(37)31(19(17)3)32-20(4)18(2)6-30(36(32)38)34-27-13-23-8-24(15-27)16-28(34)14-23;1-8(2)10-6-5-7-11(9(3)4)12(10)13;1-10(2,3)9-7-5-4-6-8-9;/h5-6,21-28,33-34,37-38H,7-16H2,1-4H3;5-9H,13H2,1-4H3;1,4-8H,2-3H3;/q;;;+4. The van der Waals surface area contributed by atoms with E-state index in [1.165, 1.54) is 103 Å². The van der Waals surface area contributed by atoms with E-state index in [2.05, 4.69) is 134 Å². The van der Waals surface area contributed by atoms with Crippen molar-refractivity contribution in [3.63, 3.8) is 0 Å². The molecular formula is C58H77MoNO2+4. The van der Waals surface area contributed by atoms with Crippen LogP contribution < -0.4 is 5.73 Å². The Labute approximate surface area is 386 Å². The molecule has 0 aromatic heterocycles. The first-order chi connectivity index (χ1) is 29.5. The average molecular weight is 916 g/mol. The molecule has 8 aliphatic carbocycles. The van der Waals surface area contributed by atoms with Gasteiger partial charge in [0.2, 0.25) is 0 Å². The largest absolute Gasteiger partial charge is 0.507 e. The van der Waals surface area contributed by atoms with E-state index < -0.39 is 0 Å². The van der Waals surface area contributed by atoms with Crippen molar-refractivity contribution in [1.29, 1.82) is 0 Å². The summed E-state index contributed by atoms with van der Waals surface area (Å²) in [5, 5.41) is 24.3. The van der Waals surface area contributed by atoms with Crippen LogP contribution in [-0.2, 0) is 24.8 Å². The summed E-state index contributed by atoms with van der Waals surface area (Å²) in [6.45, 7) is 21.9. The van der Waals surface area contributed by atoms with E-state index in [9.17, 15) is 10.2 Å². The molecule has 0 unspecified atom stereocenters. The molecule has 0 atom stereocenters. The molecule has 8 saturated carbocycles. The molecule has 0 amide bonds. The normalized spacial score (nSPS) is 29.1. The molecule has 4 heteroatoms. The number of aromatic hydroxyl groups is 2. The Morgan fingerprint density at radius 2 is 0.919 bits per heavy atom. The van der Waals surface area contributed by atoms with E-state index in [-0.39, 0.29) is 5.41 Å². The summed E-state index contributed by atoms with van der Waals surface area (Å²) in [5.74, 6) is 9.54.